The van der Waals surface area contributed by atoms with Crippen molar-refractivity contribution in [3.8, 4) is 0 Å². The highest BCUT2D eigenvalue weighted by Gasteiger charge is 2.41. The van der Waals surface area contributed by atoms with Crippen LogP contribution in [0.2, 0.25) is 0 Å². The Labute approximate surface area is 125 Å². The van der Waals surface area contributed by atoms with Crippen LogP contribution >= 0.6 is 0 Å². The Bertz CT molecular complexity index is 543. The number of aryl methyl sites for hydroxylation is 2. The molecule has 0 saturated carbocycles. The predicted octanol–water partition coefficient (Wildman–Crippen LogP) is 2.40. The molecule has 1 saturated heterocycles. The number of carboxylic acid groups (broad SMARTS) is 1. The summed E-state index contributed by atoms with van der Waals surface area (Å²) < 4.78 is 5.46. The van der Waals surface area contributed by atoms with Gasteiger partial charge in [0.2, 0.25) is 0 Å². The summed E-state index contributed by atoms with van der Waals surface area (Å²) in [6, 6.07) is 6.97. The van der Waals surface area contributed by atoms with Crippen molar-refractivity contribution in [1.82, 2.24) is 4.90 Å². The van der Waals surface area contributed by atoms with Gasteiger partial charge < -0.3 is 9.84 Å². The molecule has 0 aromatic heterocycles. The van der Waals surface area contributed by atoms with Crippen LogP contribution in [0.25, 0.3) is 0 Å². The van der Waals surface area contributed by atoms with Gasteiger partial charge in [-0.25, -0.2) is 0 Å². The van der Waals surface area contributed by atoms with Gasteiger partial charge in [0, 0.05) is 12.1 Å². The highest BCUT2D eigenvalue weighted by molar-refractivity contribution is 5.71. The van der Waals surface area contributed by atoms with E-state index in [2.05, 4.69) is 36.9 Å². The summed E-state index contributed by atoms with van der Waals surface area (Å²) in [4.78, 5) is 13.8. The molecule has 1 fully saturated rings. The minimum atomic E-state index is -0.738. The van der Waals surface area contributed by atoms with E-state index in [4.69, 9.17) is 4.74 Å². The average Bonchev–Trinajstić information content (AvgIpc) is 3.07. The molecular weight excluding hydrogens is 266 g/mol. The highest BCUT2D eigenvalue weighted by Crippen LogP contribution is 2.39. The molecule has 21 heavy (non-hydrogen) atoms. The Hall–Kier alpha value is -1.39. The number of carboxylic acids is 1. The van der Waals surface area contributed by atoms with Crippen LogP contribution in [0.1, 0.15) is 36.1 Å². The van der Waals surface area contributed by atoms with E-state index >= 15 is 0 Å². The Morgan fingerprint density at radius 1 is 1.43 bits per heavy atom. The second kappa shape index (κ2) is 5.78. The van der Waals surface area contributed by atoms with Crippen molar-refractivity contribution in [2.75, 3.05) is 19.8 Å². The van der Waals surface area contributed by atoms with Crippen molar-refractivity contribution in [1.29, 1.82) is 0 Å². The zero-order valence-electron chi connectivity index (χ0n) is 12.7. The second-order valence-corrected chi connectivity index (χ2v) is 6.14. The van der Waals surface area contributed by atoms with Crippen LogP contribution in [0.4, 0.5) is 0 Å². The number of carbonyl (C=O) groups is 1. The molecular formula is C17H23NO3. The lowest BCUT2D eigenvalue weighted by Crippen LogP contribution is -2.44. The van der Waals surface area contributed by atoms with E-state index in [0.29, 0.717) is 19.3 Å². The van der Waals surface area contributed by atoms with Gasteiger partial charge in [-0.15, -0.1) is 0 Å². The third-order valence-electron chi connectivity index (χ3n) is 4.91. The number of hydrogen-bond donors (Lipinski definition) is 1. The molecule has 4 nitrogen and oxygen atoms in total. The molecule has 1 aromatic carbocycles. The molecule has 1 aromatic rings. The van der Waals surface area contributed by atoms with Crippen molar-refractivity contribution >= 4 is 5.97 Å². The van der Waals surface area contributed by atoms with Gasteiger partial charge >= 0.3 is 5.97 Å². The van der Waals surface area contributed by atoms with Gasteiger partial charge in [-0.1, -0.05) is 30.7 Å². The van der Waals surface area contributed by atoms with Crippen molar-refractivity contribution in [3.05, 3.63) is 34.9 Å². The van der Waals surface area contributed by atoms with Gasteiger partial charge in [-0.2, -0.15) is 0 Å². The van der Waals surface area contributed by atoms with E-state index in [9.17, 15) is 9.90 Å². The normalized spacial score (nSPS) is 28.0. The summed E-state index contributed by atoms with van der Waals surface area (Å²) in [6.45, 7) is 5.96. The largest absolute Gasteiger partial charge is 0.481 e. The average molecular weight is 289 g/mol. The monoisotopic (exact) mass is 289 g/mol. The Balaban J connectivity index is 1.89. The zero-order valence-corrected chi connectivity index (χ0v) is 12.7. The number of fused-ring (bicyclic) bond motifs is 1. The number of likely N-dealkylation sites (N-methyl/N-ethyl adjacent to an activating group) is 1. The van der Waals surface area contributed by atoms with Gasteiger partial charge in [0.1, 0.15) is 0 Å². The minimum Gasteiger partial charge on any atom is -0.481 e. The highest BCUT2D eigenvalue weighted by atomic mass is 16.5. The van der Waals surface area contributed by atoms with Crippen molar-refractivity contribution in [2.45, 2.75) is 38.8 Å². The molecule has 4 heteroatoms. The molecule has 0 bridgehead atoms. The molecule has 1 heterocycles. The summed E-state index contributed by atoms with van der Waals surface area (Å²) in [6.07, 6.45) is 2.16. The number of nitrogens with zero attached hydrogens (tertiary/aromatic N) is 1. The molecule has 3 rings (SSSR count). The maximum atomic E-state index is 11.4. The van der Waals surface area contributed by atoms with Crippen LogP contribution in [0.5, 0.6) is 0 Å². The molecule has 114 valence electrons. The van der Waals surface area contributed by atoms with Crippen LogP contribution in [-0.2, 0) is 16.0 Å². The summed E-state index contributed by atoms with van der Waals surface area (Å²) in [5.74, 6) is -1.14. The first-order chi connectivity index (χ1) is 10.1. The van der Waals surface area contributed by atoms with E-state index in [-0.39, 0.29) is 6.04 Å². The van der Waals surface area contributed by atoms with Crippen molar-refractivity contribution in [2.24, 2.45) is 5.92 Å². The third-order valence-corrected chi connectivity index (χ3v) is 4.91. The molecule has 0 spiro atoms. The quantitative estimate of drug-likeness (QED) is 0.924. The lowest BCUT2D eigenvalue weighted by Gasteiger charge is -2.35. The fourth-order valence-electron chi connectivity index (χ4n) is 3.84. The maximum absolute atomic E-state index is 11.4. The summed E-state index contributed by atoms with van der Waals surface area (Å²) >= 11 is 0. The van der Waals surface area contributed by atoms with Gasteiger partial charge in [-0.05, 0) is 37.4 Å². The van der Waals surface area contributed by atoms with Gasteiger partial charge in [0.05, 0.1) is 19.1 Å². The topological polar surface area (TPSA) is 49.8 Å². The summed E-state index contributed by atoms with van der Waals surface area (Å²) in [5, 5.41) is 9.40. The number of benzene rings is 1. The van der Waals surface area contributed by atoms with Crippen LogP contribution in [-0.4, -0.2) is 41.8 Å². The van der Waals surface area contributed by atoms with Crippen molar-refractivity contribution in [3.63, 3.8) is 0 Å². The zero-order chi connectivity index (χ0) is 15.0. The first-order valence-electron chi connectivity index (χ1n) is 7.77. The van der Waals surface area contributed by atoms with Gasteiger partial charge in [-0.3, -0.25) is 9.69 Å². The molecule has 1 aliphatic carbocycles. The van der Waals surface area contributed by atoms with E-state index in [0.717, 1.165) is 19.4 Å². The fourth-order valence-corrected chi connectivity index (χ4v) is 3.84. The number of aliphatic carboxylic acids is 1. The van der Waals surface area contributed by atoms with E-state index < -0.39 is 11.9 Å². The summed E-state index contributed by atoms with van der Waals surface area (Å²) in [7, 11) is 0. The predicted molar refractivity (Wildman–Crippen MR) is 80.4 cm³/mol. The molecule has 0 amide bonds. The Kier molecular flexibility index (Phi) is 4.00. The summed E-state index contributed by atoms with van der Waals surface area (Å²) in [5.41, 5.74) is 4.07. The smallest absolute Gasteiger partial charge is 0.310 e. The first-order valence-corrected chi connectivity index (χ1v) is 7.77. The van der Waals surface area contributed by atoms with Crippen LogP contribution in [0.3, 0.4) is 0 Å². The van der Waals surface area contributed by atoms with Gasteiger partial charge in [0.25, 0.3) is 0 Å². The Morgan fingerprint density at radius 3 is 2.95 bits per heavy atom. The first kappa shape index (κ1) is 14.5. The molecule has 2 aliphatic rings. The van der Waals surface area contributed by atoms with Crippen LogP contribution < -0.4 is 0 Å². The number of ether oxygens (including phenoxy) is 1. The van der Waals surface area contributed by atoms with E-state index in [1.807, 2.05) is 0 Å². The van der Waals surface area contributed by atoms with Crippen LogP contribution in [0, 0.1) is 12.8 Å². The number of hydrogen-bond acceptors (Lipinski definition) is 3. The molecule has 3 atom stereocenters. The molecule has 3 unspecified atom stereocenters. The maximum Gasteiger partial charge on any atom is 0.310 e. The molecule has 1 N–H and O–H groups in total. The standard InChI is InChI=1S/C17H23NO3/c1-3-18(16-10-21-9-14(16)17(19)20)15-7-6-12-5-4-11(2)8-13(12)15/h4-5,8,14-16H,3,6-7,9-10H2,1-2H3,(H,19,20). The fraction of sp³-hybridized carbons (Fsp3) is 0.588. The lowest BCUT2D eigenvalue weighted by atomic mass is 9.97. The molecule has 1 aliphatic heterocycles. The van der Waals surface area contributed by atoms with E-state index in [1.54, 1.807) is 0 Å². The third kappa shape index (κ3) is 2.58. The SMILES string of the molecule is CCN(C1CCc2ccc(C)cc21)C1COCC1C(=O)O. The van der Waals surface area contributed by atoms with Gasteiger partial charge in [0.15, 0.2) is 0 Å². The second-order valence-electron chi connectivity index (χ2n) is 6.14. The molecule has 0 radical (unpaired) electrons. The number of rotatable bonds is 4. The Morgan fingerprint density at radius 2 is 2.24 bits per heavy atom. The lowest BCUT2D eigenvalue weighted by molar-refractivity contribution is -0.143. The minimum absolute atomic E-state index is 0.0102. The van der Waals surface area contributed by atoms with E-state index in [1.165, 1.54) is 16.7 Å². The van der Waals surface area contributed by atoms with Crippen LogP contribution in [0.15, 0.2) is 18.2 Å². The van der Waals surface area contributed by atoms with Crippen molar-refractivity contribution < 1.29 is 14.6 Å².